The van der Waals surface area contributed by atoms with Gasteiger partial charge in [-0.25, -0.2) is 0 Å². The first-order valence-corrected chi connectivity index (χ1v) is 12.6. The molecule has 5 rings (SSSR count). The number of hydrogen-bond acceptors (Lipinski definition) is 7. The number of rotatable bonds is 9. The van der Waals surface area contributed by atoms with Crippen molar-refractivity contribution in [2.24, 2.45) is 0 Å². The van der Waals surface area contributed by atoms with Crippen molar-refractivity contribution in [1.29, 1.82) is 0 Å². The van der Waals surface area contributed by atoms with Gasteiger partial charge in [0.25, 0.3) is 11.5 Å². The number of aromatic nitrogens is 3. The Labute approximate surface area is 235 Å². The second-order valence-electron chi connectivity index (χ2n) is 8.60. The van der Waals surface area contributed by atoms with Crippen LogP contribution in [0.5, 0.6) is 17.2 Å². The van der Waals surface area contributed by atoms with Gasteiger partial charge in [0, 0.05) is 35.2 Å². The van der Waals surface area contributed by atoms with E-state index in [9.17, 15) is 9.59 Å². The van der Waals surface area contributed by atoms with Crippen LogP contribution in [0.3, 0.4) is 0 Å². The SMILES string of the molecule is COc1ccc(Oc2cnn(-c3ccc(Cl)cc3)c(=O)c2Nc2cccc(C(=O)NCc3cccnc3)c2)cc1. The van der Waals surface area contributed by atoms with Crippen LogP contribution in [0.1, 0.15) is 15.9 Å². The fraction of sp³-hybridized carbons (Fsp3) is 0.0667. The largest absolute Gasteiger partial charge is 0.497 e. The highest BCUT2D eigenvalue weighted by molar-refractivity contribution is 6.30. The molecule has 0 saturated carbocycles. The summed E-state index contributed by atoms with van der Waals surface area (Å²) in [4.78, 5) is 30.6. The molecule has 0 aliphatic rings. The first-order chi connectivity index (χ1) is 19.5. The van der Waals surface area contributed by atoms with Crippen molar-refractivity contribution >= 4 is 28.9 Å². The average Bonchev–Trinajstić information content (AvgIpc) is 2.99. The monoisotopic (exact) mass is 553 g/mol. The Morgan fingerprint density at radius 3 is 2.45 bits per heavy atom. The lowest BCUT2D eigenvalue weighted by atomic mass is 10.1. The topological polar surface area (TPSA) is 107 Å². The summed E-state index contributed by atoms with van der Waals surface area (Å²) in [5.74, 6) is 1.08. The Balaban J connectivity index is 1.46. The summed E-state index contributed by atoms with van der Waals surface area (Å²) in [6.07, 6.45) is 4.82. The number of amides is 1. The van der Waals surface area contributed by atoms with Crippen molar-refractivity contribution in [2.75, 3.05) is 12.4 Å². The number of halogens is 1. The van der Waals surface area contributed by atoms with Crippen molar-refractivity contribution < 1.29 is 14.3 Å². The van der Waals surface area contributed by atoms with Gasteiger partial charge in [-0.05, 0) is 78.4 Å². The van der Waals surface area contributed by atoms with Gasteiger partial charge in [0.2, 0.25) is 0 Å². The zero-order valence-corrected chi connectivity index (χ0v) is 22.1. The highest BCUT2D eigenvalue weighted by atomic mass is 35.5. The summed E-state index contributed by atoms with van der Waals surface area (Å²) in [5, 5.41) is 10.9. The van der Waals surface area contributed by atoms with E-state index in [1.807, 2.05) is 12.1 Å². The molecule has 2 heterocycles. The van der Waals surface area contributed by atoms with Crippen LogP contribution >= 0.6 is 11.6 Å². The van der Waals surface area contributed by atoms with Gasteiger partial charge >= 0.3 is 0 Å². The predicted octanol–water partition coefficient (Wildman–Crippen LogP) is 5.76. The summed E-state index contributed by atoms with van der Waals surface area (Å²) in [5.41, 5.74) is 2.01. The lowest BCUT2D eigenvalue weighted by molar-refractivity contribution is 0.0951. The van der Waals surface area contributed by atoms with Crippen molar-refractivity contribution in [1.82, 2.24) is 20.1 Å². The molecule has 3 aromatic carbocycles. The van der Waals surface area contributed by atoms with E-state index in [0.717, 1.165) is 5.56 Å². The summed E-state index contributed by atoms with van der Waals surface area (Å²) in [7, 11) is 1.57. The number of carbonyl (C=O) groups is 1. The lowest BCUT2D eigenvalue weighted by Crippen LogP contribution is -2.24. The lowest BCUT2D eigenvalue weighted by Gasteiger charge is -2.15. The molecule has 5 aromatic rings. The van der Waals surface area contributed by atoms with Crippen molar-refractivity contribution in [2.45, 2.75) is 6.54 Å². The summed E-state index contributed by atoms with van der Waals surface area (Å²) in [6, 6.07) is 24.2. The van der Waals surface area contributed by atoms with Crippen LogP contribution in [0.2, 0.25) is 5.02 Å². The second-order valence-corrected chi connectivity index (χ2v) is 9.04. The number of hydrogen-bond donors (Lipinski definition) is 2. The summed E-state index contributed by atoms with van der Waals surface area (Å²) < 4.78 is 12.5. The Morgan fingerprint density at radius 1 is 0.950 bits per heavy atom. The standard InChI is InChI=1S/C30H24ClN5O4/c1-39-25-11-13-26(14-12-25)40-27-19-34-36(24-9-7-22(31)8-10-24)30(38)28(27)35-23-6-2-5-21(16-23)29(37)33-18-20-4-3-15-32-17-20/h2-17,19,35H,18H2,1H3,(H,33,37). The number of methoxy groups -OCH3 is 1. The Hall–Kier alpha value is -5.15. The van der Waals surface area contributed by atoms with E-state index in [4.69, 9.17) is 21.1 Å². The number of nitrogens with one attached hydrogen (secondary N) is 2. The van der Waals surface area contributed by atoms with Crippen molar-refractivity contribution in [3.63, 3.8) is 0 Å². The van der Waals surface area contributed by atoms with Crippen LogP contribution < -0.4 is 25.7 Å². The van der Waals surface area contributed by atoms with Crippen LogP contribution in [0.4, 0.5) is 11.4 Å². The van der Waals surface area contributed by atoms with Crippen LogP contribution in [0.15, 0.2) is 108 Å². The van der Waals surface area contributed by atoms with Crippen molar-refractivity contribution in [3.05, 3.63) is 130 Å². The molecule has 0 saturated heterocycles. The highest BCUT2D eigenvalue weighted by Gasteiger charge is 2.16. The van der Waals surface area contributed by atoms with Gasteiger partial charge in [-0.3, -0.25) is 14.6 Å². The number of carbonyl (C=O) groups excluding carboxylic acids is 1. The Morgan fingerprint density at radius 2 is 1.73 bits per heavy atom. The minimum atomic E-state index is -0.459. The highest BCUT2D eigenvalue weighted by Crippen LogP contribution is 2.30. The van der Waals surface area contributed by atoms with E-state index in [1.165, 1.54) is 10.9 Å². The Kier molecular flexibility index (Phi) is 8.03. The third-order valence-electron chi connectivity index (χ3n) is 5.87. The van der Waals surface area contributed by atoms with E-state index < -0.39 is 5.56 Å². The van der Waals surface area contributed by atoms with Gasteiger partial charge in [-0.1, -0.05) is 23.7 Å². The molecule has 0 fully saturated rings. The average molecular weight is 554 g/mol. The maximum absolute atomic E-state index is 13.7. The predicted molar refractivity (Wildman–Crippen MR) is 153 cm³/mol. The molecule has 40 heavy (non-hydrogen) atoms. The molecule has 2 aromatic heterocycles. The molecule has 200 valence electrons. The van der Waals surface area contributed by atoms with Gasteiger partial charge in [0.1, 0.15) is 11.5 Å². The molecule has 1 amide bonds. The molecule has 0 atom stereocenters. The van der Waals surface area contributed by atoms with Crippen LogP contribution in [-0.4, -0.2) is 27.8 Å². The van der Waals surface area contributed by atoms with E-state index in [0.29, 0.717) is 40.0 Å². The molecule has 0 radical (unpaired) electrons. The Bertz CT molecular complexity index is 1670. The third kappa shape index (κ3) is 6.28. The molecule has 0 bridgehead atoms. The van der Waals surface area contributed by atoms with Gasteiger partial charge in [0.15, 0.2) is 11.4 Å². The first-order valence-electron chi connectivity index (χ1n) is 12.2. The van der Waals surface area contributed by atoms with E-state index >= 15 is 0 Å². The molecule has 0 unspecified atom stereocenters. The van der Waals surface area contributed by atoms with E-state index in [1.54, 1.807) is 92.3 Å². The van der Waals surface area contributed by atoms with Gasteiger partial charge in [-0.2, -0.15) is 9.78 Å². The molecule has 0 aliphatic heterocycles. The normalized spacial score (nSPS) is 10.6. The number of anilines is 2. The smallest absolute Gasteiger partial charge is 0.299 e. The molecule has 2 N–H and O–H groups in total. The zero-order valence-electron chi connectivity index (χ0n) is 21.4. The van der Waals surface area contributed by atoms with Crippen LogP contribution in [0.25, 0.3) is 5.69 Å². The fourth-order valence-electron chi connectivity index (χ4n) is 3.84. The maximum atomic E-state index is 13.7. The summed E-state index contributed by atoms with van der Waals surface area (Å²) in [6.45, 7) is 0.334. The molecule has 0 spiro atoms. The number of ether oxygens (including phenoxy) is 2. The second kappa shape index (κ2) is 12.1. The third-order valence-corrected chi connectivity index (χ3v) is 6.12. The molecule has 10 heteroatoms. The zero-order chi connectivity index (χ0) is 27.9. The number of pyridine rings is 1. The molecular formula is C30H24ClN5O4. The van der Waals surface area contributed by atoms with Crippen LogP contribution in [-0.2, 0) is 6.54 Å². The van der Waals surface area contributed by atoms with Crippen molar-refractivity contribution in [3.8, 4) is 22.9 Å². The minimum absolute atomic E-state index is 0.133. The van der Waals surface area contributed by atoms with Gasteiger partial charge in [-0.15, -0.1) is 0 Å². The molecular weight excluding hydrogens is 530 g/mol. The van der Waals surface area contributed by atoms with E-state index in [2.05, 4.69) is 20.7 Å². The molecule has 0 aliphatic carbocycles. The number of nitrogens with zero attached hydrogens (tertiary/aromatic N) is 3. The minimum Gasteiger partial charge on any atom is -0.497 e. The fourth-order valence-corrected chi connectivity index (χ4v) is 3.96. The molecule has 9 nitrogen and oxygen atoms in total. The first kappa shape index (κ1) is 26.5. The quantitative estimate of drug-likeness (QED) is 0.239. The van der Waals surface area contributed by atoms with Crippen LogP contribution in [0, 0.1) is 0 Å². The van der Waals surface area contributed by atoms with E-state index in [-0.39, 0.29) is 17.3 Å². The van der Waals surface area contributed by atoms with Gasteiger partial charge < -0.3 is 20.1 Å². The number of benzene rings is 3. The summed E-state index contributed by atoms with van der Waals surface area (Å²) >= 11 is 6.03. The van der Waals surface area contributed by atoms with Gasteiger partial charge in [0.05, 0.1) is 19.0 Å². The maximum Gasteiger partial charge on any atom is 0.299 e.